The number of hydrogen-bond acceptors (Lipinski definition) is 0. The molecular weight excluding hydrogens is 312 g/mol. The van der Waals surface area contributed by atoms with Crippen LogP contribution in [0.1, 0.15) is 70.3 Å². The molecule has 0 aromatic heterocycles. The molecule has 0 N–H and O–H groups in total. The van der Waals surface area contributed by atoms with Crippen LogP contribution in [0.2, 0.25) is 0 Å². The van der Waals surface area contributed by atoms with E-state index in [0.717, 1.165) is 24.7 Å². The fourth-order valence-electron chi connectivity index (χ4n) is 4.61. The van der Waals surface area contributed by atoms with E-state index in [1.807, 2.05) is 0 Å². The fourth-order valence-corrected chi connectivity index (χ4v) is 4.61. The molecule has 0 aliphatic heterocycles. The van der Waals surface area contributed by atoms with E-state index in [-0.39, 0.29) is 0 Å². The first-order chi connectivity index (χ1) is 12.7. The molecule has 26 heavy (non-hydrogen) atoms. The van der Waals surface area contributed by atoms with Gasteiger partial charge in [-0.3, -0.25) is 0 Å². The summed E-state index contributed by atoms with van der Waals surface area (Å²) in [4.78, 5) is 0. The molecule has 0 bridgehead atoms. The van der Waals surface area contributed by atoms with Gasteiger partial charge >= 0.3 is 0 Å². The van der Waals surface area contributed by atoms with E-state index in [0.29, 0.717) is 5.92 Å². The molecule has 2 aliphatic carbocycles. The molecule has 3 rings (SSSR count). The minimum Gasteiger partial charge on any atom is -0.0995 e. The average molecular weight is 349 g/mol. The first-order valence-electron chi connectivity index (χ1n) is 10.8. The predicted molar refractivity (Wildman–Crippen MR) is 114 cm³/mol. The average Bonchev–Trinajstić information content (AvgIpc) is 2.69. The largest absolute Gasteiger partial charge is 0.0995 e. The van der Waals surface area contributed by atoms with Crippen molar-refractivity contribution in [2.24, 2.45) is 17.8 Å². The smallest absolute Gasteiger partial charge is 0.00698 e. The maximum Gasteiger partial charge on any atom is -0.00698 e. The molecule has 1 aromatic carbocycles. The van der Waals surface area contributed by atoms with E-state index in [1.54, 1.807) is 5.57 Å². The SMILES string of the molecule is C=C(CCC1C=CC(CC2CCC(CC)CC2)=CC1)Cc1ccccc1. The Morgan fingerprint density at radius 3 is 2.42 bits per heavy atom. The van der Waals surface area contributed by atoms with Crippen LogP contribution in [0.4, 0.5) is 0 Å². The zero-order chi connectivity index (χ0) is 18.2. The zero-order valence-electron chi connectivity index (χ0n) is 16.6. The molecule has 1 unspecified atom stereocenters. The summed E-state index contributed by atoms with van der Waals surface area (Å²) in [7, 11) is 0. The van der Waals surface area contributed by atoms with Gasteiger partial charge in [0.1, 0.15) is 0 Å². The maximum absolute atomic E-state index is 4.30. The minimum atomic E-state index is 0.710. The van der Waals surface area contributed by atoms with Crippen molar-refractivity contribution in [1.29, 1.82) is 0 Å². The first kappa shape index (κ1) is 19.2. The Kier molecular flexibility index (Phi) is 7.35. The van der Waals surface area contributed by atoms with Crippen molar-refractivity contribution in [3.63, 3.8) is 0 Å². The molecule has 0 nitrogen and oxygen atoms in total. The van der Waals surface area contributed by atoms with Crippen LogP contribution in [-0.2, 0) is 6.42 Å². The summed E-state index contributed by atoms with van der Waals surface area (Å²) in [6.07, 6.45) is 20.6. The van der Waals surface area contributed by atoms with E-state index in [4.69, 9.17) is 0 Å². The van der Waals surface area contributed by atoms with Gasteiger partial charge in [-0.25, -0.2) is 0 Å². The highest BCUT2D eigenvalue weighted by molar-refractivity contribution is 5.25. The fraction of sp³-hybridized carbons (Fsp3) is 0.538. The predicted octanol–water partition coefficient (Wildman–Crippen LogP) is 7.67. The van der Waals surface area contributed by atoms with Gasteiger partial charge in [-0.2, -0.15) is 0 Å². The van der Waals surface area contributed by atoms with Crippen molar-refractivity contribution in [3.8, 4) is 0 Å². The zero-order valence-corrected chi connectivity index (χ0v) is 16.6. The third kappa shape index (κ3) is 6.01. The van der Waals surface area contributed by atoms with E-state index in [2.05, 4.69) is 62.1 Å². The summed E-state index contributed by atoms with van der Waals surface area (Å²) in [5, 5.41) is 0. The Labute approximate surface area is 161 Å². The molecule has 0 amide bonds. The standard InChI is InChI=1S/C26H36/c1-3-22-11-15-25(16-12-22)20-26-17-13-23(14-18-26)10-9-21(2)19-24-7-5-4-6-8-24/h4-8,13,17-18,22-23,25H,2-3,9-12,14-16,19-20H2,1H3. The maximum atomic E-state index is 4.30. The Morgan fingerprint density at radius 2 is 1.77 bits per heavy atom. The van der Waals surface area contributed by atoms with Crippen LogP contribution in [0, 0.1) is 17.8 Å². The minimum absolute atomic E-state index is 0.710. The van der Waals surface area contributed by atoms with Crippen molar-refractivity contribution >= 4 is 0 Å². The summed E-state index contributed by atoms with van der Waals surface area (Å²) in [6, 6.07) is 10.7. The summed E-state index contributed by atoms with van der Waals surface area (Å²) in [5.41, 5.74) is 4.35. The van der Waals surface area contributed by atoms with Crippen LogP contribution in [-0.4, -0.2) is 0 Å². The van der Waals surface area contributed by atoms with Crippen LogP contribution < -0.4 is 0 Å². The Morgan fingerprint density at radius 1 is 1.04 bits per heavy atom. The lowest BCUT2D eigenvalue weighted by Gasteiger charge is -2.28. The second-order valence-electron chi connectivity index (χ2n) is 8.58. The van der Waals surface area contributed by atoms with Gasteiger partial charge in [0.25, 0.3) is 0 Å². The van der Waals surface area contributed by atoms with Gasteiger partial charge in [-0.15, -0.1) is 0 Å². The number of allylic oxidation sites excluding steroid dienone is 5. The third-order valence-corrected chi connectivity index (χ3v) is 6.50. The van der Waals surface area contributed by atoms with Crippen molar-refractivity contribution in [3.05, 3.63) is 71.8 Å². The first-order valence-corrected chi connectivity index (χ1v) is 10.8. The molecule has 1 fully saturated rings. The summed E-state index contributed by atoms with van der Waals surface area (Å²) in [6.45, 7) is 6.65. The van der Waals surface area contributed by atoms with Crippen molar-refractivity contribution in [1.82, 2.24) is 0 Å². The van der Waals surface area contributed by atoms with Crippen molar-refractivity contribution in [2.75, 3.05) is 0 Å². The molecular formula is C26H36. The number of hydrogen-bond donors (Lipinski definition) is 0. The Hall–Kier alpha value is -1.56. The lowest BCUT2D eigenvalue weighted by molar-refractivity contribution is 0.268. The lowest BCUT2D eigenvalue weighted by atomic mass is 9.77. The van der Waals surface area contributed by atoms with E-state index >= 15 is 0 Å². The van der Waals surface area contributed by atoms with Gasteiger partial charge in [0.15, 0.2) is 0 Å². The van der Waals surface area contributed by atoms with Gasteiger partial charge < -0.3 is 0 Å². The quantitative estimate of drug-likeness (QED) is 0.423. The Balaban J connectivity index is 1.35. The van der Waals surface area contributed by atoms with Gasteiger partial charge in [0.2, 0.25) is 0 Å². The lowest BCUT2D eigenvalue weighted by Crippen LogP contribution is -2.14. The second kappa shape index (κ2) is 9.95. The van der Waals surface area contributed by atoms with E-state index in [1.165, 1.54) is 62.5 Å². The van der Waals surface area contributed by atoms with Crippen LogP contribution in [0.25, 0.3) is 0 Å². The van der Waals surface area contributed by atoms with Gasteiger partial charge in [0.05, 0.1) is 0 Å². The highest BCUT2D eigenvalue weighted by Gasteiger charge is 2.21. The molecule has 1 aromatic rings. The molecule has 1 saturated carbocycles. The highest BCUT2D eigenvalue weighted by Crippen LogP contribution is 2.35. The number of benzene rings is 1. The molecule has 0 saturated heterocycles. The molecule has 1 atom stereocenters. The molecule has 140 valence electrons. The molecule has 0 heterocycles. The van der Waals surface area contributed by atoms with Gasteiger partial charge in [-0.05, 0) is 68.3 Å². The molecule has 0 heteroatoms. The molecule has 0 radical (unpaired) electrons. The Bertz CT molecular complexity index is 611. The van der Waals surface area contributed by atoms with Crippen molar-refractivity contribution < 1.29 is 0 Å². The van der Waals surface area contributed by atoms with Gasteiger partial charge in [-0.1, -0.05) is 92.5 Å². The van der Waals surface area contributed by atoms with Crippen LogP contribution in [0.15, 0.2) is 66.3 Å². The van der Waals surface area contributed by atoms with E-state index < -0.39 is 0 Å². The monoisotopic (exact) mass is 348 g/mol. The molecule has 0 spiro atoms. The topological polar surface area (TPSA) is 0 Å². The summed E-state index contributed by atoms with van der Waals surface area (Å²) >= 11 is 0. The molecule has 2 aliphatic rings. The van der Waals surface area contributed by atoms with Crippen LogP contribution >= 0.6 is 0 Å². The number of rotatable bonds is 8. The third-order valence-electron chi connectivity index (χ3n) is 6.50. The van der Waals surface area contributed by atoms with Crippen LogP contribution in [0.3, 0.4) is 0 Å². The summed E-state index contributed by atoms with van der Waals surface area (Å²) < 4.78 is 0. The summed E-state index contributed by atoms with van der Waals surface area (Å²) in [5.74, 6) is 2.66. The van der Waals surface area contributed by atoms with Gasteiger partial charge in [0, 0.05) is 0 Å². The van der Waals surface area contributed by atoms with Crippen molar-refractivity contribution in [2.45, 2.75) is 71.1 Å². The van der Waals surface area contributed by atoms with Crippen LogP contribution in [0.5, 0.6) is 0 Å². The normalized spacial score (nSPS) is 25.7. The van der Waals surface area contributed by atoms with E-state index in [9.17, 15) is 0 Å². The second-order valence-corrected chi connectivity index (χ2v) is 8.58. The highest BCUT2D eigenvalue weighted by atomic mass is 14.3.